The number of nitrogens with zero attached hydrogens (tertiary/aromatic N) is 1. The average Bonchev–Trinajstić information content (AvgIpc) is 2.57. The summed E-state index contributed by atoms with van der Waals surface area (Å²) in [6.07, 6.45) is 2.62. The Balaban J connectivity index is 3.22. The first kappa shape index (κ1) is 21.6. The van der Waals surface area contributed by atoms with Gasteiger partial charge in [-0.3, -0.25) is 9.59 Å². The van der Waals surface area contributed by atoms with Crippen LogP contribution in [0.15, 0.2) is 0 Å². The Kier molecular flexibility index (Phi) is 9.06. The molecule has 9 heteroatoms. The Bertz CT molecular complexity index is 580. The number of carbonyl (C=O) groups excluding carboxylic acids is 2. The molecule has 0 amide bonds. The lowest BCUT2D eigenvalue weighted by Crippen LogP contribution is -2.28. The zero-order chi connectivity index (χ0) is 19.0. The van der Waals surface area contributed by atoms with E-state index in [4.69, 9.17) is 32.7 Å². The first-order valence-electron chi connectivity index (χ1n) is 7.88. The van der Waals surface area contributed by atoms with Gasteiger partial charge in [-0.1, -0.05) is 49.9 Å². The van der Waals surface area contributed by atoms with E-state index in [1.54, 1.807) is 0 Å². The van der Waals surface area contributed by atoms with Crippen molar-refractivity contribution in [3.63, 3.8) is 0 Å². The van der Waals surface area contributed by atoms with Crippen molar-refractivity contribution in [2.45, 2.75) is 45.4 Å². The maximum atomic E-state index is 13.7. The lowest BCUT2D eigenvalue weighted by atomic mass is 10.00. The molecule has 0 bridgehead atoms. The summed E-state index contributed by atoms with van der Waals surface area (Å²) in [7, 11) is 0. The minimum Gasteiger partial charge on any atom is -0.465 e. The highest BCUT2D eigenvalue weighted by molar-refractivity contribution is 6.37. The summed E-state index contributed by atoms with van der Waals surface area (Å²) in [5.74, 6) is -6.63. The largest absolute Gasteiger partial charge is 0.465 e. The number of esters is 2. The van der Waals surface area contributed by atoms with Gasteiger partial charge in [-0.25, -0.2) is 0 Å². The fourth-order valence-electron chi connectivity index (χ4n) is 1.89. The smallest absolute Gasteiger partial charge is 0.325 e. The SMILES string of the molecule is CCCCOC(=O)C(C(=O)OCCCC)c1c(Cl)c(F)nc(F)c1Cl. The van der Waals surface area contributed by atoms with Crippen LogP contribution in [0.2, 0.25) is 10.0 Å². The van der Waals surface area contributed by atoms with Gasteiger partial charge in [-0.15, -0.1) is 0 Å². The second kappa shape index (κ2) is 10.5. The summed E-state index contributed by atoms with van der Waals surface area (Å²) in [6.45, 7) is 3.84. The molecule has 0 N–H and O–H groups in total. The van der Waals surface area contributed by atoms with Gasteiger partial charge in [0.05, 0.1) is 13.2 Å². The number of unbranched alkanes of at least 4 members (excludes halogenated alkanes) is 2. The van der Waals surface area contributed by atoms with Gasteiger partial charge in [-0.2, -0.15) is 13.8 Å². The van der Waals surface area contributed by atoms with E-state index in [0.29, 0.717) is 12.8 Å². The van der Waals surface area contributed by atoms with Crippen LogP contribution in [0.3, 0.4) is 0 Å². The molecule has 0 aromatic carbocycles. The number of carbonyl (C=O) groups is 2. The van der Waals surface area contributed by atoms with Crippen LogP contribution in [0.5, 0.6) is 0 Å². The maximum absolute atomic E-state index is 13.7. The predicted molar refractivity (Wildman–Crippen MR) is 88.6 cm³/mol. The number of pyridine rings is 1. The molecule has 140 valence electrons. The van der Waals surface area contributed by atoms with Gasteiger partial charge >= 0.3 is 11.9 Å². The minimum absolute atomic E-state index is 0.0410. The number of ether oxygens (including phenoxy) is 2. The zero-order valence-electron chi connectivity index (χ0n) is 13.9. The third-order valence-corrected chi connectivity index (χ3v) is 4.00. The zero-order valence-corrected chi connectivity index (χ0v) is 15.4. The molecule has 1 aromatic rings. The van der Waals surface area contributed by atoms with Gasteiger partial charge in [0.15, 0.2) is 5.92 Å². The quantitative estimate of drug-likeness (QED) is 0.266. The summed E-state index contributed by atoms with van der Waals surface area (Å²) in [6, 6.07) is 0. The second-order valence-corrected chi connectivity index (χ2v) is 5.97. The molecular weight excluding hydrogens is 379 g/mol. The number of halogens is 4. The predicted octanol–water partition coefficient (Wildman–Crippen LogP) is 4.44. The topological polar surface area (TPSA) is 65.5 Å². The van der Waals surface area contributed by atoms with Gasteiger partial charge in [0, 0.05) is 5.56 Å². The number of aromatic nitrogens is 1. The van der Waals surface area contributed by atoms with E-state index in [1.165, 1.54) is 0 Å². The van der Waals surface area contributed by atoms with Crippen LogP contribution in [-0.4, -0.2) is 30.1 Å². The third kappa shape index (κ3) is 5.78. The molecular formula is C16H19Cl2F2NO4. The van der Waals surface area contributed by atoms with Crippen LogP contribution in [0.1, 0.15) is 51.0 Å². The summed E-state index contributed by atoms with van der Waals surface area (Å²) >= 11 is 11.5. The van der Waals surface area contributed by atoms with Crippen molar-refractivity contribution in [3.8, 4) is 0 Å². The minimum atomic E-state index is -1.79. The van der Waals surface area contributed by atoms with E-state index in [0.717, 1.165) is 12.8 Å². The van der Waals surface area contributed by atoms with Crippen LogP contribution in [0.25, 0.3) is 0 Å². The molecule has 0 fully saturated rings. The summed E-state index contributed by atoms with van der Waals surface area (Å²) in [5, 5.41) is -1.45. The van der Waals surface area contributed by atoms with E-state index >= 15 is 0 Å². The highest BCUT2D eigenvalue weighted by atomic mass is 35.5. The van der Waals surface area contributed by atoms with Crippen molar-refractivity contribution in [3.05, 3.63) is 27.5 Å². The molecule has 0 spiro atoms. The van der Waals surface area contributed by atoms with Crippen LogP contribution in [-0.2, 0) is 19.1 Å². The molecule has 0 atom stereocenters. The van der Waals surface area contributed by atoms with Gasteiger partial charge in [0.2, 0.25) is 11.9 Å². The number of hydrogen-bond donors (Lipinski definition) is 0. The molecule has 1 aromatic heterocycles. The average molecular weight is 398 g/mol. The van der Waals surface area contributed by atoms with Crippen LogP contribution < -0.4 is 0 Å². The number of hydrogen-bond acceptors (Lipinski definition) is 5. The van der Waals surface area contributed by atoms with Crippen molar-refractivity contribution in [1.29, 1.82) is 0 Å². The van der Waals surface area contributed by atoms with Gasteiger partial charge in [-0.05, 0) is 12.8 Å². The Labute approximate surface area is 154 Å². The molecule has 0 saturated carbocycles. The van der Waals surface area contributed by atoms with E-state index in [1.807, 2.05) is 13.8 Å². The van der Waals surface area contributed by atoms with Crippen molar-refractivity contribution in [2.24, 2.45) is 0 Å². The van der Waals surface area contributed by atoms with Crippen LogP contribution >= 0.6 is 23.2 Å². The van der Waals surface area contributed by atoms with Gasteiger partial charge in [0.1, 0.15) is 10.0 Å². The van der Waals surface area contributed by atoms with Crippen molar-refractivity contribution < 1.29 is 27.8 Å². The molecule has 1 heterocycles. The molecule has 1 rings (SSSR count). The standard InChI is InChI=1S/C16H19Cl2F2NO4/c1-3-5-7-24-15(22)10(16(23)25-8-6-4-2)9-11(17)13(19)21-14(20)12(9)18/h10H,3-8H2,1-2H3. The van der Waals surface area contributed by atoms with Crippen molar-refractivity contribution in [1.82, 2.24) is 4.98 Å². The Morgan fingerprint density at radius 3 is 1.72 bits per heavy atom. The summed E-state index contributed by atoms with van der Waals surface area (Å²) in [5.41, 5.74) is -0.545. The van der Waals surface area contributed by atoms with Crippen LogP contribution in [0, 0.1) is 11.9 Å². The van der Waals surface area contributed by atoms with Gasteiger partial charge < -0.3 is 9.47 Å². The summed E-state index contributed by atoms with van der Waals surface area (Å²) in [4.78, 5) is 27.5. The Hall–Kier alpha value is -1.47. The second-order valence-electron chi connectivity index (χ2n) is 5.21. The normalized spacial score (nSPS) is 10.8. The van der Waals surface area contributed by atoms with E-state index in [2.05, 4.69) is 4.98 Å². The molecule has 0 radical (unpaired) electrons. The molecule has 25 heavy (non-hydrogen) atoms. The lowest BCUT2D eigenvalue weighted by Gasteiger charge is -2.18. The fraction of sp³-hybridized carbons (Fsp3) is 0.562. The third-order valence-electron chi connectivity index (χ3n) is 3.28. The molecule has 0 aliphatic carbocycles. The Morgan fingerprint density at radius 1 is 0.960 bits per heavy atom. The maximum Gasteiger partial charge on any atom is 0.325 e. The fourth-order valence-corrected chi connectivity index (χ4v) is 2.43. The monoisotopic (exact) mass is 397 g/mol. The van der Waals surface area contributed by atoms with E-state index in [9.17, 15) is 18.4 Å². The summed E-state index contributed by atoms with van der Waals surface area (Å²) < 4.78 is 37.3. The van der Waals surface area contributed by atoms with Crippen molar-refractivity contribution in [2.75, 3.05) is 13.2 Å². The Morgan fingerprint density at radius 2 is 1.36 bits per heavy atom. The van der Waals surface area contributed by atoms with Crippen LogP contribution in [0.4, 0.5) is 8.78 Å². The molecule has 0 aliphatic heterocycles. The molecule has 0 saturated heterocycles. The first-order chi connectivity index (χ1) is 11.8. The molecule has 0 unspecified atom stereocenters. The lowest BCUT2D eigenvalue weighted by molar-refractivity contribution is -0.157. The van der Waals surface area contributed by atoms with E-state index < -0.39 is 45.4 Å². The first-order valence-corrected chi connectivity index (χ1v) is 8.63. The molecule has 0 aliphatic rings. The molecule has 5 nitrogen and oxygen atoms in total. The highest BCUT2D eigenvalue weighted by Crippen LogP contribution is 2.35. The van der Waals surface area contributed by atoms with Crippen molar-refractivity contribution >= 4 is 35.1 Å². The highest BCUT2D eigenvalue weighted by Gasteiger charge is 2.38. The number of rotatable bonds is 9. The van der Waals surface area contributed by atoms with Gasteiger partial charge in [0.25, 0.3) is 0 Å². The van der Waals surface area contributed by atoms with E-state index in [-0.39, 0.29) is 13.2 Å².